The molecule has 2 aliphatic carbocycles. The summed E-state index contributed by atoms with van der Waals surface area (Å²) in [5.41, 5.74) is 0. The number of thiophene rings is 1. The SMILES string of the molecule is C[C@@H](Sc1nnc(C2CC2)n1C1CC1)C(=O)NCc1cccs1. The van der Waals surface area contributed by atoms with Gasteiger partial charge in [-0.1, -0.05) is 17.8 Å². The van der Waals surface area contributed by atoms with Crippen LogP contribution in [0, 0.1) is 0 Å². The molecule has 4 rings (SSSR count). The zero-order chi connectivity index (χ0) is 15.8. The van der Waals surface area contributed by atoms with Gasteiger partial charge in [-0.3, -0.25) is 4.79 Å². The van der Waals surface area contributed by atoms with Crippen LogP contribution in [0.4, 0.5) is 0 Å². The van der Waals surface area contributed by atoms with Crippen LogP contribution in [0.15, 0.2) is 22.7 Å². The van der Waals surface area contributed by atoms with Gasteiger partial charge in [-0.15, -0.1) is 21.5 Å². The number of aromatic nitrogens is 3. The van der Waals surface area contributed by atoms with Crippen molar-refractivity contribution in [3.8, 4) is 0 Å². The number of nitrogens with zero attached hydrogens (tertiary/aromatic N) is 3. The van der Waals surface area contributed by atoms with Crippen LogP contribution in [0.25, 0.3) is 0 Å². The third-order valence-electron chi connectivity index (χ3n) is 4.21. The van der Waals surface area contributed by atoms with E-state index in [1.54, 1.807) is 11.3 Å². The molecule has 2 aromatic rings. The van der Waals surface area contributed by atoms with Crippen molar-refractivity contribution < 1.29 is 4.79 Å². The molecule has 0 saturated heterocycles. The summed E-state index contributed by atoms with van der Waals surface area (Å²) in [6, 6.07) is 4.60. The highest BCUT2D eigenvalue weighted by Crippen LogP contribution is 2.46. The summed E-state index contributed by atoms with van der Waals surface area (Å²) in [6.07, 6.45) is 4.88. The van der Waals surface area contributed by atoms with E-state index in [4.69, 9.17) is 0 Å². The lowest BCUT2D eigenvalue weighted by atomic mass is 10.4. The molecule has 7 heteroatoms. The van der Waals surface area contributed by atoms with Crippen molar-refractivity contribution in [2.24, 2.45) is 0 Å². The fraction of sp³-hybridized carbons (Fsp3) is 0.562. The van der Waals surface area contributed by atoms with Crippen LogP contribution < -0.4 is 5.32 Å². The summed E-state index contributed by atoms with van der Waals surface area (Å²) in [7, 11) is 0. The van der Waals surface area contributed by atoms with Crippen molar-refractivity contribution in [3.05, 3.63) is 28.2 Å². The Kier molecular flexibility index (Phi) is 4.15. The average molecular weight is 348 g/mol. The van der Waals surface area contributed by atoms with E-state index in [-0.39, 0.29) is 11.2 Å². The van der Waals surface area contributed by atoms with E-state index in [0.29, 0.717) is 18.5 Å². The van der Waals surface area contributed by atoms with E-state index in [1.807, 2.05) is 24.4 Å². The van der Waals surface area contributed by atoms with E-state index in [1.165, 1.54) is 42.3 Å². The molecule has 0 bridgehead atoms. The van der Waals surface area contributed by atoms with Crippen LogP contribution in [-0.2, 0) is 11.3 Å². The molecule has 0 unspecified atom stereocenters. The number of carbonyl (C=O) groups is 1. The topological polar surface area (TPSA) is 59.8 Å². The Hall–Kier alpha value is -1.34. The molecular formula is C16H20N4OS2. The van der Waals surface area contributed by atoms with Gasteiger partial charge < -0.3 is 9.88 Å². The van der Waals surface area contributed by atoms with Crippen LogP contribution >= 0.6 is 23.1 Å². The van der Waals surface area contributed by atoms with E-state index < -0.39 is 0 Å². The van der Waals surface area contributed by atoms with Gasteiger partial charge in [-0.25, -0.2) is 0 Å². The third-order valence-corrected chi connectivity index (χ3v) is 6.15. The molecule has 2 aromatic heterocycles. The fourth-order valence-electron chi connectivity index (χ4n) is 2.61. The summed E-state index contributed by atoms with van der Waals surface area (Å²) >= 11 is 3.19. The number of nitrogens with one attached hydrogen (secondary N) is 1. The average Bonchev–Trinajstić information content (AvgIpc) is 3.48. The highest BCUT2D eigenvalue weighted by Gasteiger charge is 2.37. The maximum atomic E-state index is 12.3. The first-order valence-electron chi connectivity index (χ1n) is 8.14. The highest BCUT2D eigenvalue weighted by molar-refractivity contribution is 8.00. The molecular weight excluding hydrogens is 328 g/mol. The summed E-state index contributed by atoms with van der Waals surface area (Å²) in [5, 5.41) is 14.5. The Morgan fingerprint density at radius 3 is 2.91 bits per heavy atom. The monoisotopic (exact) mass is 348 g/mol. The molecule has 0 aromatic carbocycles. The smallest absolute Gasteiger partial charge is 0.233 e. The summed E-state index contributed by atoms with van der Waals surface area (Å²) in [5.74, 6) is 1.79. The van der Waals surface area contributed by atoms with Gasteiger partial charge in [0.1, 0.15) is 5.82 Å². The molecule has 1 amide bonds. The van der Waals surface area contributed by atoms with Gasteiger partial charge in [-0.05, 0) is 44.1 Å². The Labute approximate surface area is 143 Å². The molecule has 2 aliphatic rings. The fourth-order valence-corrected chi connectivity index (χ4v) is 4.20. The van der Waals surface area contributed by atoms with Crippen LogP contribution in [0.3, 0.4) is 0 Å². The van der Waals surface area contributed by atoms with Crippen molar-refractivity contribution in [1.82, 2.24) is 20.1 Å². The normalized spacial score (nSPS) is 18.8. The van der Waals surface area contributed by atoms with Gasteiger partial charge in [0.25, 0.3) is 0 Å². The first-order valence-corrected chi connectivity index (χ1v) is 9.90. The second kappa shape index (κ2) is 6.28. The van der Waals surface area contributed by atoms with Crippen LogP contribution in [0.2, 0.25) is 0 Å². The zero-order valence-electron chi connectivity index (χ0n) is 13.1. The minimum Gasteiger partial charge on any atom is -0.350 e. The lowest BCUT2D eigenvalue weighted by molar-refractivity contribution is -0.120. The van der Waals surface area contributed by atoms with E-state index in [2.05, 4.69) is 20.1 Å². The Bertz CT molecular complexity index is 689. The Morgan fingerprint density at radius 2 is 2.26 bits per heavy atom. The first-order chi connectivity index (χ1) is 11.2. The van der Waals surface area contributed by atoms with Gasteiger partial charge in [0.2, 0.25) is 5.91 Å². The van der Waals surface area contributed by atoms with Gasteiger partial charge in [0.05, 0.1) is 11.8 Å². The van der Waals surface area contributed by atoms with E-state index in [9.17, 15) is 4.79 Å². The van der Waals surface area contributed by atoms with Gasteiger partial charge >= 0.3 is 0 Å². The maximum absolute atomic E-state index is 12.3. The number of carbonyl (C=O) groups excluding carboxylic acids is 1. The van der Waals surface area contributed by atoms with Gasteiger partial charge in [0, 0.05) is 16.8 Å². The third kappa shape index (κ3) is 3.45. The molecule has 0 radical (unpaired) electrons. The van der Waals surface area contributed by atoms with E-state index >= 15 is 0 Å². The minimum absolute atomic E-state index is 0.0571. The number of thioether (sulfide) groups is 1. The highest BCUT2D eigenvalue weighted by atomic mass is 32.2. The van der Waals surface area contributed by atoms with Crippen molar-refractivity contribution in [2.45, 2.75) is 61.5 Å². The molecule has 1 N–H and O–H groups in total. The van der Waals surface area contributed by atoms with Crippen molar-refractivity contribution >= 4 is 29.0 Å². The molecule has 122 valence electrons. The lowest BCUT2D eigenvalue weighted by Crippen LogP contribution is -2.30. The van der Waals surface area contributed by atoms with Crippen LogP contribution in [0.5, 0.6) is 0 Å². The molecule has 0 spiro atoms. The molecule has 2 saturated carbocycles. The largest absolute Gasteiger partial charge is 0.350 e. The van der Waals surface area contributed by atoms with E-state index in [0.717, 1.165) is 11.0 Å². The molecule has 0 aliphatic heterocycles. The van der Waals surface area contributed by atoms with Gasteiger partial charge in [-0.2, -0.15) is 0 Å². The zero-order valence-corrected chi connectivity index (χ0v) is 14.7. The summed E-state index contributed by atoms with van der Waals surface area (Å²) in [6.45, 7) is 2.54. The minimum atomic E-state index is -0.163. The number of rotatable bonds is 7. The van der Waals surface area contributed by atoms with Crippen molar-refractivity contribution in [2.75, 3.05) is 0 Å². The van der Waals surface area contributed by atoms with Crippen molar-refractivity contribution in [1.29, 1.82) is 0 Å². The number of hydrogen-bond acceptors (Lipinski definition) is 5. The quantitative estimate of drug-likeness (QED) is 0.780. The molecule has 2 heterocycles. The molecule has 2 fully saturated rings. The lowest BCUT2D eigenvalue weighted by Gasteiger charge is -2.13. The Balaban J connectivity index is 1.40. The second-order valence-electron chi connectivity index (χ2n) is 6.27. The number of hydrogen-bond donors (Lipinski definition) is 1. The predicted octanol–water partition coefficient (Wildman–Crippen LogP) is 3.35. The summed E-state index contributed by atoms with van der Waals surface area (Å²) < 4.78 is 2.30. The molecule has 5 nitrogen and oxygen atoms in total. The van der Waals surface area contributed by atoms with Gasteiger partial charge in [0.15, 0.2) is 5.16 Å². The summed E-state index contributed by atoms with van der Waals surface area (Å²) in [4.78, 5) is 13.5. The first kappa shape index (κ1) is 15.2. The van der Waals surface area contributed by atoms with Crippen LogP contribution in [-0.4, -0.2) is 25.9 Å². The standard InChI is InChI=1S/C16H20N4OS2/c1-10(15(21)17-9-13-3-2-8-22-13)23-16-19-18-14(11-4-5-11)20(16)12-6-7-12/h2-3,8,10-12H,4-7,9H2,1H3,(H,17,21)/t10-/m1/s1. The Morgan fingerprint density at radius 1 is 1.43 bits per heavy atom. The van der Waals surface area contributed by atoms with Crippen molar-refractivity contribution in [3.63, 3.8) is 0 Å². The molecule has 1 atom stereocenters. The number of amides is 1. The second-order valence-corrected chi connectivity index (χ2v) is 8.61. The van der Waals surface area contributed by atoms with Crippen LogP contribution in [0.1, 0.15) is 55.3 Å². The molecule has 23 heavy (non-hydrogen) atoms. The predicted molar refractivity (Wildman–Crippen MR) is 91.8 cm³/mol. The maximum Gasteiger partial charge on any atom is 0.233 e.